The lowest BCUT2D eigenvalue weighted by Gasteiger charge is -2.37. The number of benzene rings is 1. The molecule has 0 saturated heterocycles. The Balaban J connectivity index is 1.53. The molecule has 0 spiro atoms. The zero-order valence-electron chi connectivity index (χ0n) is 14.6. The molecule has 0 unspecified atom stereocenters. The van der Waals surface area contributed by atoms with E-state index in [4.69, 9.17) is 0 Å². The highest BCUT2D eigenvalue weighted by Crippen LogP contribution is 2.26. The van der Waals surface area contributed by atoms with E-state index >= 15 is 0 Å². The summed E-state index contributed by atoms with van der Waals surface area (Å²) in [5.41, 5.74) is 0.568. The summed E-state index contributed by atoms with van der Waals surface area (Å²) in [5, 5.41) is 2.98. The maximum absolute atomic E-state index is 13.9. The van der Waals surface area contributed by atoms with Crippen molar-refractivity contribution in [2.45, 2.75) is 51.7 Å². The van der Waals surface area contributed by atoms with Gasteiger partial charge in [0.1, 0.15) is 11.6 Å². The number of aryl methyl sites for hydroxylation is 2. The van der Waals surface area contributed by atoms with Crippen LogP contribution < -0.4 is 5.32 Å². The lowest BCUT2D eigenvalue weighted by Crippen LogP contribution is -2.48. The SMILES string of the molecule is Cc1nccn1CCCNC(=O)N(Cc1ccccc1F)C1CCC1. The first-order chi connectivity index (χ1) is 12.1. The van der Waals surface area contributed by atoms with Crippen molar-refractivity contribution < 1.29 is 9.18 Å². The Morgan fingerprint density at radius 1 is 1.40 bits per heavy atom. The molecule has 2 amide bonds. The van der Waals surface area contributed by atoms with Gasteiger partial charge in [0.2, 0.25) is 0 Å². The van der Waals surface area contributed by atoms with Gasteiger partial charge in [0.15, 0.2) is 0 Å². The molecule has 1 fully saturated rings. The normalized spacial score (nSPS) is 14.2. The lowest BCUT2D eigenvalue weighted by atomic mass is 9.91. The van der Waals surface area contributed by atoms with E-state index in [1.165, 1.54) is 6.07 Å². The fourth-order valence-corrected chi connectivity index (χ4v) is 3.06. The Kier molecular flexibility index (Phi) is 5.68. The molecule has 3 rings (SSSR count). The first-order valence-electron chi connectivity index (χ1n) is 8.91. The number of amides is 2. The number of imidazole rings is 1. The second-order valence-electron chi connectivity index (χ2n) is 6.56. The molecule has 2 aromatic rings. The summed E-state index contributed by atoms with van der Waals surface area (Å²) in [6.45, 7) is 3.70. The van der Waals surface area contributed by atoms with E-state index in [1.54, 1.807) is 23.2 Å². The van der Waals surface area contributed by atoms with Gasteiger partial charge < -0.3 is 14.8 Å². The first-order valence-corrected chi connectivity index (χ1v) is 8.91. The highest BCUT2D eigenvalue weighted by molar-refractivity contribution is 5.74. The molecule has 0 aliphatic heterocycles. The van der Waals surface area contributed by atoms with Gasteiger partial charge in [0.05, 0.1) is 6.54 Å². The number of halogens is 1. The Labute approximate surface area is 147 Å². The van der Waals surface area contributed by atoms with Crippen LogP contribution in [0.25, 0.3) is 0 Å². The van der Waals surface area contributed by atoms with Crippen LogP contribution in [-0.4, -0.2) is 33.1 Å². The molecule has 5 nitrogen and oxygen atoms in total. The van der Waals surface area contributed by atoms with Crippen molar-refractivity contribution in [3.63, 3.8) is 0 Å². The Morgan fingerprint density at radius 2 is 2.20 bits per heavy atom. The van der Waals surface area contributed by atoms with Crippen molar-refractivity contribution in [2.24, 2.45) is 0 Å². The van der Waals surface area contributed by atoms with Crippen LogP contribution in [-0.2, 0) is 13.1 Å². The largest absolute Gasteiger partial charge is 0.338 e. The van der Waals surface area contributed by atoms with Gasteiger partial charge in [-0.3, -0.25) is 0 Å². The zero-order valence-corrected chi connectivity index (χ0v) is 14.6. The smallest absolute Gasteiger partial charge is 0.317 e. The number of nitrogens with one attached hydrogen (secondary N) is 1. The molecule has 1 heterocycles. The summed E-state index contributed by atoms with van der Waals surface area (Å²) in [4.78, 5) is 18.6. The fraction of sp³-hybridized carbons (Fsp3) is 0.474. The summed E-state index contributed by atoms with van der Waals surface area (Å²) in [6.07, 6.45) is 7.68. The number of hydrogen-bond acceptors (Lipinski definition) is 2. The average molecular weight is 344 g/mol. The molecule has 0 radical (unpaired) electrons. The minimum atomic E-state index is -0.254. The van der Waals surface area contributed by atoms with Gasteiger partial charge in [-0.15, -0.1) is 0 Å². The van der Waals surface area contributed by atoms with E-state index in [9.17, 15) is 9.18 Å². The Morgan fingerprint density at radius 3 is 2.84 bits per heavy atom. The zero-order chi connectivity index (χ0) is 17.6. The van der Waals surface area contributed by atoms with Crippen molar-refractivity contribution >= 4 is 6.03 Å². The first kappa shape index (κ1) is 17.5. The molecule has 1 aliphatic rings. The van der Waals surface area contributed by atoms with Crippen LogP contribution in [0.3, 0.4) is 0 Å². The molecule has 134 valence electrons. The van der Waals surface area contributed by atoms with Crippen LogP contribution in [0, 0.1) is 12.7 Å². The van der Waals surface area contributed by atoms with E-state index in [-0.39, 0.29) is 17.9 Å². The van der Waals surface area contributed by atoms with E-state index < -0.39 is 0 Å². The highest BCUT2D eigenvalue weighted by Gasteiger charge is 2.29. The topological polar surface area (TPSA) is 50.2 Å². The minimum absolute atomic E-state index is 0.102. The van der Waals surface area contributed by atoms with E-state index in [2.05, 4.69) is 14.9 Å². The van der Waals surface area contributed by atoms with Crippen LogP contribution >= 0.6 is 0 Å². The second kappa shape index (κ2) is 8.14. The molecular formula is C19H25FN4O. The number of hydrogen-bond donors (Lipinski definition) is 1. The van der Waals surface area contributed by atoms with Gasteiger partial charge in [0, 0.05) is 37.1 Å². The van der Waals surface area contributed by atoms with Crippen molar-refractivity contribution in [1.29, 1.82) is 0 Å². The molecule has 1 N–H and O–H groups in total. The second-order valence-corrected chi connectivity index (χ2v) is 6.56. The number of carbonyl (C=O) groups is 1. The monoisotopic (exact) mass is 344 g/mol. The molecule has 1 aromatic heterocycles. The van der Waals surface area contributed by atoms with Gasteiger partial charge in [0.25, 0.3) is 0 Å². The predicted molar refractivity (Wildman–Crippen MR) is 94.6 cm³/mol. The Bertz CT molecular complexity index is 711. The standard InChI is InChI=1S/C19H25FN4O/c1-15-21-11-13-23(15)12-5-10-22-19(25)24(17-7-4-8-17)14-16-6-2-3-9-18(16)20/h2-3,6,9,11,13,17H,4-5,7-8,10,12,14H2,1H3,(H,22,25). The molecule has 6 heteroatoms. The maximum atomic E-state index is 13.9. The fourth-order valence-electron chi connectivity index (χ4n) is 3.06. The van der Waals surface area contributed by atoms with Crippen molar-refractivity contribution in [1.82, 2.24) is 19.8 Å². The summed E-state index contributed by atoms with van der Waals surface area (Å²) in [5.74, 6) is 0.720. The quantitative estimate of drug-likeness (QED) is 0.782. The molecule has 25 heavy (non-hydrogen) atoms. The number of urea groups is 1. The highest BCUT2D eigenvalue weighted by atomic mass is 19.1. The van der Waals surface area contributed by atoms with Crippen LogP contribution in [0.2, 0.25) is 0 Å². The van der Waals surface area contributed by atoms with Crippen LogP contribution in [0.4, 0.5) is 9.18 Å². The molecular weight excluding hydrogens is 319 g/mol. The molecule has 1 aliphatic carbocycles. The number of rotatable bonds is 7. The third-order valence-corrected chi connectivity index (χ3v) is 4.85. The summed E-state index contributed by atoms with van der Waals surface area (Å²) < 4.78 is 16.0. The molecule has 1 saturated carbocycles. The van der Waals surface area contributed by atoms with Gasteiger partial charge in [-0.05, 0) is 38.7 Å². The van der Waals surface area contributed by atoms with Gasteiger partial charge in [-0.1, -0.05) is 18.2 Å². The van der Waals surface area contributed by atoms with Gasteiger partial charge >= 0.3 is 6.03 Å². The minimum Gasteiger partial charge on any atom is -0.338 e. The molecule has 1 aromatic carbocycles. The van der Waals surface area contributed by atoms with Crippen molar-refractivity contribution in [2.75, 3.05) is 6.54 Å². The molecule has 0 atom stereocenters. The summed E-state index contributed by atoms with van der Waals surface area (Å²) in [7, 11) is 0. The summed E-state index contributed by atoms with van der Waals surface area (Å²) >= 11 is 0. The van der Waals surface area contributed by atoms with E-state index in [1.807, 2.05) is 19.2 Å². The Hall–Kier alpha value is -2.37. The third kappa shape index (κ3) is 4.38. The summed E-state index contributed by atoms with van der Waals surface area (Å²) in [6, 6.07) is 6.79. The third-order valence-electron chi connectivity index (χ3n) is 4.85. The van der Waals surface area contributed by atoms with Crippen LogP contribution in [0.5, 0.6) is 0 Å². The predicted octanol–water partition coefficient (Wildman–Crippen LogP) is 3.49. The lowest BCUT2D eigenvalue weighted by molar-refractivity contribution is 0.132. The maximum Gasteiger partial charge on any atom is 0.317 e. The van der Waals surface area contributed by atoms with Crippen LogP contribution in [0.1, 0.15) is 37.1 Å². The molecule has 0 bridgehead atoms. The number of nitrogens with zero attached hydrogens (tertiary/aromatic N) is 3. The van der Waals surface area contributed by atoms with E-state index in [0.29, 0.717) is 18.7 Å². The number of carbonyl (C=O) groups excluding carboxylic acids is 1. The van der Waals surface area contributed by atoms with Crippen LogP contribution in [0.15, 0.2) is 36.7 Å². The average Bonchev–Trinajstić information content (AvgIpc) is 2.96. The van der Waals surface area contributed by atoms with Crippen molar-refractivity contribution in [3.8, 4) is 0 Å². The van der Waals surface area contributed by atoms with Gasteiger partial charge in [-0.2, -0.15) is 0 Å². The van der Waals surface area contributed by atoms with Gasteiger partial charge in [-0.25, -0.2) is 14.2 Å². The van der Waals surface area contributed by atoms with E-state index in [0.717, 1.165) is 38.1 Å². The number of aromatic nitrogens is 2. The van der Waals surface area contributed by atoms with Crippen molar-refractivity contribution in [3.05, 3.63) is 53.9 Å².